The summed E-state index contributed by atoms with van der Waals surface area (Å²) in [6.07, 6.45) is 3.37. The molecule has 6 rings (SSSR count). The molecule has 10 heteroatoms. The van der Waals surface area contributed by atoms with Gasteiger partial charge in [0, 0.05) is 29.3 Å². The van der Waals surface area contributed by atoms with Crippen LogP contribution >= 0.6 is 11.3 Å². The van der Waals surface area contributed by atoms with Crippen LogP contribution < -0.4 is 10.9 Å². The third-order valence-corrected chi connectivity index (χ3v) is 7.26. The van der Waals surface area contributed by atoms with Crippen LogP contribution in [-0.2, 0) is 0 Å². The fourth-order valence-corrected chi connectivity index (χ4v) is 5.27. The van der Waals surface area contributed by atoms with Gasteiger partial charge in [0.1, 0.15) is 10.6 Å². The number of para-hydroxylation sites is 1. The number of amides is 1. The van der Waals surface area contributed by atoms with Gasteiger partial charge in [-0.3, -0.25) is 14.2 Å². The quantitative estimate of drug-likeness (QED) is 0.329. The molecule has 0 fully saturated rings. The van der Waals surface area contributed by atoms with Crippen LogP contribution in [-0.4, -0.2) is 35.3 Å². The highest BCUT2D eigenvalue weighted by Gasteiger charge is 2.23. The molecule has 1 N–H and O–H groups in total. The number of aryl methyl sites for hydroxylation is 2. The van der Waals surface area contributed by atoms with E-state index in [1.807, 2.05) is 68.4 Å². The molecule has 9 nitrogen and oxygen atoms in total. The summed E-state index contributed by atoms with van der Waals surface area (Å²) in [6.45, 7) is 5.50. The minimum Gasteiger partial charge on any atom is -0.344 e. The SMILES string of the molecule is Cc1nnc(C#Cc2cccc3cc(C(C)NC(=O)c4c(C)nn5cccnc45)n(-c4ccccc4)c(=O)c23)s1. The highest BCUT2D eigenvalue weighted by atomic mass is 32.1. The van der Waals surface area contributed by atoms with Crippen molar-refractivity contribution in [2.24, 2.45) is 0 Å². The van der Waals surface area contributed by atoms with Gasteiger partial charge in [-0.05, 0) is 62.4 Å². The van der Waals surface area contributed by atoms with E-state index >= 15 is 0 Å². The maximum absolute atomic E-state index is 14.2. The molecule has 1 amide bonds. The van der Waals surface area contributed by atoms with Gasteiger partial charge in [0.25, 0.3) is 11.5 Å². The minimum absolute atomic E-state index is 0.230. The van der Waals surface area contributed by atoms with Crippen LogP contribution in [0.15, 0.2) is 77.9 Å². The summed E-state index contributed by atoms with van der Waals surface area (Å²) in [6, 6.07) is 18.1. The Bertz CT molecular complexity index is 2030. The average Bonchev–Trinajstić information content (AvgIpc) is 3.53. The van der Waals surface area contributed by atoms with Gasteiger partial charge in [-0.2, -0.15) is 5.10 Å². The largest absolute Gasteiger partial charge is 0.344 e. The van der Waals surface area contributed by atoms with Crippen molar-refractivity contribution in [1.29, 1.82) is 0 Å². The van der Waals surface area contributed by atoms with Crippen molar-refractivity contribution < 1.29 is 4.79 Å². The number of hydrogen-bond donors (Lipinski definition) is 1. The third kappa shape index (κ3) is 4.52. The molecular weight excluding hydrogens is 522 g/mol. The molecule has 0 aliphatic rings. The molecule has 0 aliphatic carbocycles. The molecular formula is C30H23N7O2S. The molecule has 0 radical (unpaired) electrons. The lowest BCUT2D eigenvalue weighted by Gasteiger charge is -2.21. The van der Waals surface area contributed by atoms with Gasteiger partial charge >= 0.3 is 0 Å². The van der Waals surface area contributed by atoms with Crippen molar-refractivity contribution >= 4 is 33.7 Å². The van der Waals surface area contributed by atoms with Crippen molar-refractivity contribution in [1.82, 2.24) is 34.7 Å². The van der Waals surface area contributed by atoms with E-state index in [2.05, 4.69) is 37.4 Å². The van der Waals surface area contributed by atoms with Crippen molar-refractivity contribution in [3.05, 3.63) is 116 Å². The normalized spacial score (nSPS) is 11.8. The molecule has 0 saturated heterocycles. The van der Waals surface area contributed by atoms with Gasteiger partial charge in [-0.15, -0.1) is 10.2 Å². The molecule has 0 spiro atoms. The highest BCUT2D eigenvalue weighted by Crippen LogP contribution is 2.24. The minimum atomic E-state index is -0.526. The van der Waals surface area contributed by atoms with Crippen LogP contribution in [0.5, 0.6) is 0 Å². The zero-order valence-electron chi connectivity index (χ0n) is 21.9. The van der Waals surface area contributed by atoms with Gasteiger partial charge in [0.2, 0.25) is 0 Å². The van der Waals surface area contributed by atoms with E-state index < -0.39 is 6.04 Å². The second kappa shape index (κ2) is 10.2. The topological polar surface area (TPSA) is 107 Å². The lowest BCUT2D eigenvalue weighted by atomic mass is 10.0. The molecule has 1 atom stereocenters. The maximum Gasteiger partial charge on any atom is 0.264 e. The number of nitrogens with one attached hydrogen (secondary N) is 1. The fraction of sp³-hybridized carbons (Fsp3) is 0.133. The number of carbonyl (C=O) groups excluding carboxylic acids is 1. The Hall–Kier alpha value is -5.14. The predicted octanol–water partition coefficient (Wildman–Crippen LogP) is 4.39. The molecule has 6 aromatic rings. The van der Waals surface area contributed by atoms with Gasteiger partial charge in [0.05, 0.1) is 17.1 Å². The lowest BCUT2D eigenvalue weighted by Crippen LogP contribution is -2.32. The van der Waals surface area contributed by atoms with Gasteiger partial charge in [0.15, 0.2) is 10.7 Å². The van der Waals surface area contributed by atoms with Crippen LogP contribution in [0.1, 0.15) is 50.3 Å². The van der Waals surface area contributed by atoms with E-state index in [-0.39, 0.29) is 11.5 Å². The highest BCUT2D eigenvalue weighted by molar-refractivity contribution is 7.11. The van der Waals surface area contributed by atoms with E-state index in [9.17, 15) is 9.59 Å². The standard InChI is InChI=1S/C30H23N7O2S/c1-18(32-29(38)26-19(2)35-36-16-8-15-31-28(26)36)24-17-22-10-7-9-21(13-14-25-34-33-20(3)40-25)27(22)30(39)37(24)23-11-5-4-6-12-23/h4-12,15-18H,1-3H3,(H,32,38). The smallest absolute Gasteiger partial charge is 0.264 e. The number of carbonyl (C=O) groups is 1. The molecule has 2 aromatic carbocycles. The Balaban J connectivity index is 1.48. The third-order valence-electron chi connectivity index (χ3n) is 6.51. The van der Waals surface area contributed by atoms with E-state index in [4.69, 9.17) is 0 Å². The van der Waals surface area contributed by atoms with E-state index in [0.717, 1.165) is 10.4 Å². The number of fused-ring (bicyclic) bond motifs is 2. The van der Waals surface area contributed by atoms with E-state index in [0.29, 0.717) is 44.2 Å². The zero-order valence-corrected chi connectivity index (χ0v) is 22.7. The van der Waals surface area contributed by atoms with Gasteiger partial charge in [-0.25, -0.2) is 9.50 Å². The number of pyridine rings is 1. The summed E-state index contributed by atoms with van der Waals surface area (Å²) in [5, 5.41) is 18.2. The van der Waals surface area contributed by atoms with Crippen LogP contribution in [0.4, 0.5) is 0 Å². The van der Waals surface area contributed by atoms with Crippen molar-refractivity contribution in [2.45, 2.75) is 26.8 Å². The van der Waals surface area contributed by atoms with Crippen molar-refractivity contribution in [3.8, 4) is 17.5 Å². The molecule has 0 saturated carbocycles. The Morgan fingerprint density at radius 1 is 1.02 bits per heavy atom. The zero-order chi connectivity index (χ0) is 27.8. The van der Waals surface area contributed by atoms with Gasteiger partial charge < -0.3 is 5.32 Å². The Morgan fingerprint density at radius 3 is 2.62 bits per heavy atom. The predicted molar refractivity (Wildman–Crippen MR) is 154 cm³/mol. The molecule has 0 bridgehead atoms. The molecule has 4 heterocycles. The summed E-state index contributed by atoms with van der Waals surface area (Å²) in [5.74, 6) is 5.83. The first-order valence-corrected chi connectivity index (χ1v) is 13.4. The second-order valence-corrected chi connectivity index (χ2v) is 10.4. The first-order chi connectivity index (χ1) is 19.4. The molecule has 40 heavy (non-hydrogen) atoms. The maximum atomic E-state index is 14.2. The summed E-state index contributed by atoms with van der Waals surface area (Å²) in [5.41, 5.74) is 3.11. The monoisotopic (exact) mass is 545 g/mol. The number of rotatable bonds is 4. The number of benzene rings is 2. The Morgan fingerprint density at radius 2 is 1.85 bits per heavy atom. The summed E-state index contributed by atoms with van der Waals surface area (Å²) >= 11 is 1.40. The van der Waals surface area contributed by atoms with Crippen LogP contribution in [0.2, 0.25) is 0 Å². The summed E-state index contributed by atoms with van der Waals surface area (Å²) in [4.78, 5) is 32.0. The second-order valence-electron chi connectivity index (χ2n) is 9.23. The molecule has 1 unspecified atom stereocenters. The summed E-state index contributed by atoms with van der Waals surface area (Å²) in [7, 11) is 0. The Kier molecular flexibility index (Phi) is 6.42. The lowest BCUT2D eigenvalue weighted by molar-refractivity contribution is 0.0939. The molecule has 4 aromatic heterocycles. The van der Waals surface area contributed by atoms with Crippen LogP contribution in [0, 0.1) is 25.7 Å². The fourth-order valence-electron chi connectivity index (χ4n) is 4.72. The average molecular weight is 546 g/mol. The van der Waals surface area contributed by atoms with Crippen LogP contribution in [0.25, 0.3) is 22.1 Å². The van der Waals surface area contributed by atoms with Crippen LogP contribution in [0.3, 0.4) is 0 Å². The first kappa shape index (κ1) is 25.2. The molecule has 0 aliphatic heterocycles. The van der Waals surface area contributed by atoms with E-state index in [1.165, 1.54) is 11.3 Å². The van der Waals surface area contributed by atoms with Crippen molar-refractivity contribution in [3.63, 3.8) is 0 Å². The first-order valence-electron chi connectivity index (χ1n) is 12.6. The van der Waals surface area contributed by atoms with E-state index in [1.54, 1.807) is 34.5 Å². The van der Waals surface area contributed by atoms with Crippen molar-refractivity contribution in [2.75, 3.05) is 0 Å². The summed E-state index contributed by atoms with van der Waals surface area (Å²) < 4.78 is 3.21. The number of aromatic nitrogens is 6. The number of nitrogens with zero attached hydrogens (tertiary/aromatic N) is 6. The number of hydrogen-bond acceptors (Lipinski definition) is 7. The molecule has 196 valence electrons. The Labute approximate surface area is 233 Å². The van der Waals surface area contributed by atoms with Gasteiger partial charge in [-0.1, -0.05) is 47.6 Å².